The predicted molar refractivity (Wildman–Crippen MR) is 57.0 cm³/mol. The van der Waals surface area contributed by atoms with Gasteiger partial charge in [0.2, 0.25) is 0 Å². The van der Waals surface area contributed by atoms with Crippen LogP contribution in [0, 0.1) is 0 Å². The lowest BCUT2D eigenvalue weighted by Gasteiger charge is -2.04. The highest BCUT2D eigenvalue weighted by molar-refractivity contribution is 7.86. The molecule has 17 heavy (non-hydrogen) atoms. The van der Waals surface area contributed by atoms with Crippen molar-refractivity contribution in [2.45, 2.75) is 4.90 Å². The molecule has 1 N–H and O–H groups in total. The van der Waals surface area contributed by atoms with Crippen LogP contribution in [0.4, 0.5) is 3.89 Å². The van der Waals surface area contributed by atoms with E-state index in [-0.39, 0.29) is 16.5 Å². The largest absolute Gasteiger partial charge is 0.476 e. The third-order valence-electron chi connectivity index (χ3n) is 2.23. The number of hydrogen-bond acceptors (Lipinski definition) is 4. The van der Waals surface area contributed by atoms with Crippen molar-refractivity contribution in [3.8, 4) is 0 Å². The number of halogens is 1. The van der Waals surface area contributed by atoms with Crippen molar-refractivity contribution in [3.05, 3.63) is 36.2 Å². The first-order chi connectivity index (χ1) is 7.91. The Morgan fingerprint density at radius 2 is 1.94 bits per heavy atom. The van der Waals surface area contributed by atoms with Crippen LogP contribution in [0.1, 0.15) is 10.5 Å². The fourth-order valence-electron chi connectivity index (χ4n) is 1.56. The molecule has 0 saturated heterocycles. The van der Waals surface area contributed by atoms with Crippen molar-refractivity contribution in [1.29, 1.82) is 0 Å². The summed E-state index contributed by atoms with van der Waals surface area (Å²) in [5, 5.41) is 8.96. The Labute approximate surface area is 95.7 Å². The average Bonchev–Trinajstić information content (AvgIpc) is 2.26. The van der Waals surface area contributed by atoms with E-state index in [2.05, 4.69) is 4.98 Å². The van der Waals surface area contributed by atoms with Gasteiger partial charge in [-0.3, -0.25) is 0 Å². The van der Waals surface area contributed by atoms with Crippen LogP contribution in [0.3, 0.4) is 0 Å². The molecule has 5 nitrogen and oxygen atoms in total. The van der Waals surface area contributed by atoms with Crippen molar-refractivity contribution in [3.63, 3.8) is 0 Å². The Morgan fingerprint density at radius 3 is 2.53 bits per heavy atom. The summed E-state index contributed by atoms with van der Waals surface area (Å²) in [7, 11) is -4.89. The number of fused-ring (bicyclic) bond motifs is 1. The van der Waals surface area contributed by atoms with Gasteiger partial charge in [0.05, 0.1) is 0 Å². The SMILES string of the molecule is O=C(O)c1nccc2c(S(=O)(=O)F)cccc12. The van der Waals surface area contributed by atoms with Crippen LogP contribution in [0.5, 0.6) is 0 Å². The second kappa shape index (κ2) is 3.77. The van der Waals surface area contributed by atoms with Crippen LogP contribution in [0.25, 0.3) is 10.8 Å². The zero-order valence-corrected chi connectivity index (χ0v) is 9.11. The molecular weight excluding hydrogens is 249 g/mol. The van der Waals surface area contributed by atoms with Gasteiger partial charge in [0.1, 0.15) is 4.90 Å². The topological polar surface area (TPSA) is 84.3 Å². The van der Waals surface area contributed by atoms with Gasteiger partial charge in [-0.1, -0.05) is 12.1 Å². The van der Waals surface area contributed by atoms with E-state index < -0.39 is 21.1 Å². The molecule has 0 unspecified atom stereocenters. The first-order valence-electron chi connectivity index (χ1n) is 4.47. The van der Waals surface area contributed by atoms with Crippen LogP contribution in [-0.2, 0) is 10.2 Å². The smallest absolute Gasteiger partial charge is 0.355 e. The number of benzene rings is 1. The summed E-state index contributed by atoms with van der Waals surface area (Å²) < 4.78 is 34.8. The van der Waals surface area contributed by atoms with E-state index in [9.17, 15) is 17.1 Å². The number of hydrogen-bond donors (Lipinski definition) is 1. The quantitative estimate of drug-likeness (QED) is 0.824. The minimum Gasteiger partial charge on any atom is -0.476 e. The standard InChI is InChI=1S/C10H6FNO4S/c11-17(15,16)8-3-1-2-7-6(8)4-5-12-9(7)10(13)14/h1-5H,(H,13,14). The summed E-state index contributed by atoms with van der Waals surface area (Å²) in [5.74, 6) is -1.30. The lowest BCUT2D eigenvalue weighted by Crippen LogP contribution is -2.02. The maximum atomic E-state index is 13.0. The number of rotatable bonds is 2. The highest BCUT2D eigenvalue weighted by atomic mass is 32.3. The van der Waals surface area contributed by atoms with Crippen molar-refractivity contribution in [2.24, 2.45) is 0 Å². The Bertz CT molecular complexity index is 711. The molecule has 1 heterocycles. The number of carbonyl (C=O) groups is 1. The van der Waals surface area contributed by atoms with Gasteiger partial charge in [-0.25, -0.2) is 9.78 Å². The van der Waals surface area contributed by atoms with Gasteiger partial charge in [0.25, 0.3) is 0 Å². The van der Waals surface area contributed by atoms with E-state index in [1.54, 1.807) is 0 Å². The van der Waals surface area contributed by atoms with Crippen LogP contribution in [-0.4, -0.2) is 24.5 Å². The van der Waals surface area contributed by atoms with E-state index in [1.165, 1.54) is 18.2 Å². The Kier molecular flexibility index (Phi) is 2.55. The average molecular weight is 255 g/mol. The third kappa shape index (κ3) is 1.96. The summed E-state index contributed by atoms with van der Waals surface area (Å²) in [6.45, 7) is 0. The van der Waals surface area contributed by atoms with E-state index in [0.717, 1.165) is 12.3 Å². The number of pyridine rings is 1. The molecule has 0 saturated carbocycles. The van der Waals surface area contributed by atoms with Gasteiger partial charge in [-0.05, 0) is 12.1 Å². The summed E-state index contributed by atoms with van der Waals surface area (Å²) in [4.78, 5) is 13.9. The fourth-order valence-corrected chi connectivity index (χ4v) is 2.24. The molecule has 0 aliphatic heterocycles. The molecule has 0 atom stereocenters. The minimum atomic E-state index is -4.89. The predicted octanol–water partition coefficient (Wildman–Crippen LogP) is 1.59. The molecule has 7 heteroatoms. The first kappa shape index (κ1) is 11.5. The van der Waals surface area contributed by atoms with Crippen molar-refractivity contribution >= 4 is 27.0 Å². The monoisotopic (exact) mass is 255 g/mol. The summed E-state index contributed by atoms with van der Waals surface area (Å²) in [6, 6.07) is 4.97. The molecule has 0 aliphatic carbocycles. The van der Waals surface area contributed by atoms with Crippen LogP contribution >= 0.6 is 0 Å². The summed E-state index contributed by atoms with van der Waals surface area (Å²) in [6.07, 6.45) is 1.13. The van der Waals surface area contributed by atoms with Gasteiger partial charge in [-0.2, -0.15) is 8.42 Å². The molecule has 0 radical (unpaired) electrons. The van der Waals surface area contributed by atoms with E-state index in [1.807, 2.05) is 0 Å². The number of nitrogens with zero attached hydrogens (tertiary/aromatic N) is 1. The summed E-state index contributed by atoms with van der Waals surface area (Å²) in [5.41, 5.74) is -0.312. The third-order valence-corrected chi connectivity index (χ3v) is 3.11. The zero-order valence-electron chi connectivity index (χ0n) is 8.29. The molecule has 1 aromatic heterocycles. The number of carboxylic acid groups (broad SMARTS) is 1. The molecule has 88 valence electrons. The van der Waals surface area contributed by atoms with Crippen molar-refractivity contribution in [1.82, 2.24) is 4.98 Å². The lowest BCUT2D eigenvalue weighted by atomic mass is 10.1. The lowest BCUT2D eigenvalue weighted by molar-refractivity contribution is 0.0693. The molecule has 0 spiro atoms. The van der Waals surface area contributed by atoms with E-state index >= 15 is 0 Å². The van der Waals surface area contributed by atoms with Crippen LogP contribution < -0.4 is 0 Å². The summed E-state index contributed by atoms with van der Waals surface area (Å²) >= 11 is 0. The van der Waals surface area contributed by atoms with E-state index in [0.29, 0.717) is 0 Å². The first-order valence-corrected chi connectivity index (χ1v) is 5.85. The highest BCUT2D eigenvalue weighted by Gasteiger charge is 2.18. The van der Waals surface area contributed by atoms with Gasteiger partial charge >= 0.3 is 16.2 Å². The fraction of sp³-hybridized carbons (Fsp3) is 0. The van der Waals surface area contributed by atoms with Gasteiger partial charge in [0.15, 0.2) is 5.69 Å². The molecule has 0 aliphatic rings. The minimum absolute atomic E-state index is 0.00222. The second-order valence-electron chi connectivity index (χ2n) is 3.25. The van der Waals surface area contributed by atoms with Crippen LogP contribution in [0.2, 0.25) is 0 Å². The van der Waals surface area contributed by atoms with E-state index in [4.69, 9.17) is 5.11 Å². The normalized spacial score (nSPS) is 11.6. The maximum absolute atomic E-state index is 13.0. The maximum Gasteiger partial charge on any atom is 0.355 e. The second-order valence-corrected chi connectivity index (χ2v) is 4.57. The Morgan fingerprint density at radius 1 is 1.24 bits per heavy atom. The molecule has 2 aromatic rings. The molecule has 2 rings (SSSR count). The molecular formula is C10H6FNO4S. The van der Waals surface area contributed by atoms with Gasteiger partial charge in [-0.15, -0.1) is 3.89 Å². The van der Waals surface area contributed by atoms with Crippen molar-refractivity contribution in [2.75, 3.05) is 0 Å². The van der Waals surface area contributed by atoms with Crippen LogP contribution in [0.15, 0.2) is 35.4 Å². The molecule has 0 bridgehead atoms. The number of aromatic nitrogens is 1. The Balaban J connectivity index is 2.94. The zero-order chi connectivity index (χ0) is 12.6. The van der Waals surface area contributed by atoms with Crippen molar-refractivity contribution < 1.29 is 22.2 Å². The molecule has 0 fully saturated rings. The molecule has 1 aromatic carbocycles. The van der Waals surface area contributed by atoms with Gasteiger partial charge < -0.3 is 5.11 Å². The Hall–Kier alpha value is -2.02. The number of aromatic carboxylic acids is 1. The molecule has 0 amide bonds. The number of carboxylic acids is 1. The van der Waals surface area contributed by atoms with Gasteiger partial charge in [0, 0.05) is 17.0 Å². The highest BCUT2D eigenvalue weighted by Crippen LogP contribution is 2.25.